The third-order valence-electron chi connectivity index (χ3n) is 2.54. The summed E-state index contributed by atoms with van der Waals surface area (Å²) in [6.45, 7) is 11.5. The van der Waals surface area contributed by atoms with Crippen LogP contribution in [0.2, 0.25) is 0 Å². The second-order valence-corrected chi connectivity index (χ2v) is 4.97. The van der Waals surface area contributed by atoms with Crippen molar-refractivity contribution in [3.05, 3.63) is 11.3 Å². The summed E-state index contributed by atoms with van der Waals surface area (Å²) in [4.78, 5) is 0. The van der Waals surface area contributed by atoms with E-state index in [0.29, 0.717) is 0 Å². The van der Waals surface area contributed by atoms with E-state index in [1.54, 1.807) is 0 Å². The van der Waals surface area contributed by atoms with Gasteiger partial charge in [0, 0.05) is 17.5 Å². The molecular weight excluding hydrogens is 188 g/mol. The first-order valence-corrected chi connectivity index (χ1v) is 5.70. The van der Waals surface area contributed by atoms with E-state index in [1.165, 1.54) is 5.69 Å². The smallest absolute Gasteiger partial charge is 0.233 e. The van der Waals surface area contributed by atoms with E-state index >= 15 is 0 Å². The first-order valence-electron chi connectivity index (χ1n) is 5.70. The van der Waals surface area contributed by atoms with Gasteiger partial charge in [-0.3, -0.25) is 4.68 Å². The van der Waals surface area contributed by atoms with E-state index in [9.17, 15) is 5.11 Å². The Morgan fingerprint density at radius 1 is 1.27 bits per heavy atom. The van der Waals surface area contributed by atoms with Crippen molar-refractivity contribution in [2.24, 2.45) is 0 Å². The Hall–Kier alpha value is -0.990. The fraction of sp³-hybridized carbons (Fsp3) is 0.750. The minimum absolute atomic E-state index is 0.0362. The zero-order valence-electron chi connectivity index (χ0n) is 10.5. The maximum absolute atomic E-state index is 9.81. The molecule has 1 heterocycles. The Labute approximate surface area is 92.1 Å². The van der Waals surface area contributed by atoms with Gasteiger partial charge in [-0.2, -0.15) is 0 Å². The van der Waals surface area contributed by atoms with Gasteiger partial charge in [-0.05, 0) is 13.3 Å². The van der Waals surface area contributed by atoms with Gasteiger partial charge in [0.25, 0.3) is 0 Å². The topological polar surface area (TPSA) is 38.1 Å². The first kappa shape index (κ1) is 12.1. The van der Waals surface area contributed by atoms with Crippen LogP contribution in [-0.4, -0.2) is 14.9 Å². The van der Waals surface area contributed by atoms with E-state index < -0.39 is 0 Å². The number of hydrogen-bond acceptors (Lipinski definition) is 2. The molecular formula is C12H22N2O. The molecule has 0 unspecified atom stereocenters. The molecule has 86 valence electrons. The van der Waals surface area contributed by atoms with Crippen molar-refractivity contribution in [2.75, 3.05) is 0 Å². The fourth-order valence-corrected chi connectivity index (χ4v) is 2.04. The minimum Gasteiger partial charge on any atom is -0.492 e. The maximum Gasteiger partial charge on any atom is 0.233 e. The molecule has 0 aliphatic heterocycles. The van der Waals surface area contributed by atoms with Crippen molar-refractivity contribution >= 4 is 0 Å². The Balaban J connectivity index is 3.29. The molecule has 3 heteroatoms. The average molecular weight is 210 g/mol. The SMILES string of the molecule is CCCc1c(O)nn(CC)c1C(C)(C)C. The first-order chi connectivity index (χ1) is 6.91. The fourth-order valence-electron chi connectivity index (χ4n) is 2.04. The summed E-state index contributed by atoms with van der Waals surface area (Å²) in [5.74, 6) is 0.212. The van der Waals surface area contributed by atoms with Crippen LogP contribution < -0.4 is 0 Å². The second-order valence-electron chi connectivity index (χ2n) is 4.97. The summed E-state index contributed by atoms with van der Waals surface area (Å²) >= 11 is 0. The van der Waals surface area contributed by atoms with Crippen LogP contribution in [0.4, 0.5) is 0 Å². The summed E-state index contributed by atoms with van der Waals surface area (Å²) in [5, 5.41) is 14.0. The lowest BCUT2D eigenvalue weighted by Gasteiger charge is -2.21. The average Bonchev–Trinajstić information content (AvgIpc) is 2.43. The quantitative estimate of drug-likeness (QED) is 0.833. The van der Waals surface area contributed by atoms with Crippen LogP contribution in [0.5, 0.6) is 5.88 Å². The summed E-state index contributed by atoms with van der Waals surface area (Å²) in [7, 11) is 0. The normalized spacial score (nSPS) is 12.1. The van der Waals surface area contributed by atoms with Gasteiger partial charge in [0.05, 0.1) is 5.69 Å². The predicted molar refractivity (Wildman–Crippen MR) is 62.3 cm³/mol. The number of nitrogens with zero attached hydrogens (tertiary/aromatic N) is 2. The highest BCUT2D eigenvalue weighted by molar-refractivity contribution is 5.34. The summed E-state index contributed by atoms with van der Waals surface area (Å²) in [6, 6.07) is 0. The molecule has 0 fully saturated rings. The largest absolute Gasteiger partial charge is 0.492 e. The zero-order chi connectivity index (χ0) is 11.6. The molecule has 0 aliphatic rings. The Bertz CT molecular complexity index is 334. The van der Waals surface area contributed by atoms with E-state index in [4.69, 9.17) is 0 Å². The van der Waals surface area contributed by atoms with Gasteiger partial charge in [-0.15, -0.1) is 5.10 Å². The minimum atomic E-state index is 0.0362. The highest BCUT2D eigenvalue weighted by Crippen LogP contribution is 2.32. The van der Waals surface area contributed by atoms with Gasteiger partial charge >= 0.3 is 0 Å². The van der Waals surface area contributed by atoms with Crippen LogP contribution in [0, 0.1) is 0 Å². The molecule has 0 aromatic carbocycles. The number of hydrogen-bond donors (Lipinski definition) is 1. The van der Waals surface area contributed by atoms with Crippen LogP contribution in [0.3, 0.4) is 0 Å². The molecule has 3 nitrogen and oxygen atoms in total. The van der Waals surface area contributed by atoms with Gasteiger partial charge in [0.15, 0.2) is 0 Å². The van der Waals surface area contributed by atoms with Gasteiger partial charge in [-0.25, -0.2) is 0 Å². The second kappa shape index (κ2) is 4.25. The van der Waals surface area contributed by atoms with E-state index in [2.05, 4.69) is 39.7 Å². The molecule has 1 aromatic heterocycles. The van der Waals surface area contributed by atoms with Gasteiger partial charge in [-0.1, -0.05) is 34.1 Å². The summed E-state index contributed by atoms with van der Waals surface area (Å²) < 4.78 is 1.92. The Morgan fingerprint density at radius 3 is 2.27 bits per heavy atom. The third-order valence-corrected chi connectivity index (χ3v) is 2.54. The highest BCUT2D eigenvalue weighted by atomic mass is 16.3. The van der Waals surface area contributed by atoms with Gasteiger partial charge in [0.2, 0.25) is 5.88 Å². The number of aromatic nitrogens is 2. The zero-order valence-corrected chi connectivity index (χ0v) is 10.5. The Kier molecular flexibility index (Phi) is 3.42. The van der Waals surface area contributed by atoms with Crippen molar-refractivity contribution < 1.29 is 5.11 Å². The lowest BCUT2D eigenvalue weighted by Crippen LogP contribution is -2.19. The molecule has 0 bridgehead atoms. The van der Waals surface area contributed by atoms with Gasteiger partial charge < -0.3 is 5.11 Å². The van der Waals surface area contributed by atoms with E-state index in [-0.39, 0.29) is 11.3 Å². The molecule has 0 aliphatic carbocycles. The van der Waals surface area contributed by atoms with Crippen molar-refractivity contribution in [3.8, 4) is 5.88 Å². The Morgan fingerprint density at radius 2 is 1.87 bits per heavy atom. The number of aryl methyl sites for hydroxylation is 1. The number of rotatable bonds is 3. The maximum atomic E-state index is 9.81. The van der Waals surface area contributed by atoms with Crippen molar-refractivity contribution in [1.29, 1.82) is 0 Å². The lowest BCUT2D eigenvalue weighted by atomic mass is 9.88. The third kappa shape index (κ3) is 2.33. The van der Waals surface area contributed by atoms with Crippen LogP contribution in [0.25, 0.3) is 0 Å². The van der Waals surface area contributed by atoms with Crippen molar-refractivity contribution in [1.82, 2.24) is 9.78 Å². The molecule has 1 rings (SSSR count). The summed E-state index contributed by atoms with van der Waals surface area (Å²) in [5.41, 5.74) is 2.23. The molecule has 0 atom stereocenters. The highest BCUT2D eigenvalue weighted by Gasteiger charge is 2.26. The molecule has 0 amide bonds. The van der Waals surface area contributed by atoms with Crippen LogP contribution in [0.15, 0.2) is 0 Å². The molecule has 0 radical (unpaired) electrons. The molecule has 15 heavy (non-hydrogen) atoms. The van der Waals surface area contributed by atoms with Crippen molar-refractivity contribution in [3.63, 3.8) is 0 Å². The van der Waals surface area contributed by atoms with Gasteiger partial charge in [0.1, 0.15) is 0 Å². The van der Waals surface area contributed by atoms with E-state index in [1.807, 2.05) is 4.68 Å². The van der Waals surface area contributed by atoms with Crippen molar-refractivity contribution in [2.45, 2.75) is 59.4 Å². The lowest BCUT2D eigenvalue weighted by molar-refractivity contribution is 0.432. The van der Waals surface area contributed by atoms with E-state index in [0.717, 1.165) is 24.9 Å². The standard InChI is InChI=1S/C12H22N2O/c1-6-8-9-10(12(3,4)5)14(7-2)13-11(9)15/h6-8H2,1-5H3,(H,13,15). The molecule has 1 aromatic rings. The predicted octanol–water partition coefficient (Wildman–Crippen LogP) is 2.86. The summed E-state index contributed by atoms with van der Waals surface area (Å²) in [6.07, 6.45) is 1.94. The molecule has 0 spiro atoms. The van der Waals surface area contributed by atoms with Crippen LogP contribution >= 0.6 is 0 Å². The van der Waals surface area contributed by atoms with Crippen LogP contribution in [0.1, 0.15) is 52.3 Å². The monoisotopic (exact) mass is 210 g/mol. The molecule has 0 saturated heterocycles. The molecule has 0 saturated carbocycles. The molecule has 1 N–H and O–H groups in total. The number of aromatic hydroxyl groups is 1. The van der Waals surface area contributed by atoms with Crippen LogP contribution in [-0.2, 0) is 18.4 Å².